The number of benzene rings is 5. The summed E-state index contributed by atoms with van der Waals surface area (Å²) in [4.78, 5) is 0. The Labute approximate surface area is 322 Å². The molecule has 0 aromatic heterocycles. The van der Waals surface area contributed by atoms with Gasteiger partial charge in [-0.1, -0.05) is 122 Å². The fraction of sp³-hybridized carbons (Fsp3) is 0.348. The van der Waals surface area contributed by atoms with E-state index in [4.69, 9.17) is 30.5 Å². The lowest BCUT2D eigenvalue weighted by atomic mass is 9.63. The second kappa shape index (κ2) is 17.2. The normalized spacial score (nSPS) is 24.8. The summed E-state index contributed by atoms with van der Waals surface area (Å²) in [5, 5.41) is 25.4. The summed E-state index contributed by atoms with van der Waals surface area (Å²) in [5.74, 6) is -0.719. The number of fused-ring (bicyclic) bond motifs is 2. The molecule has 0 saturated heterocycles. The van der Waals surface area contributed by atoms with Crippen LogP contribution in [0.5, 0.6) is 5.75 Å². The average molecular weight is 751 g/mol. The molecule has 5 aromatic rings. The van der Waals surface area contributed by atoms with Crippen LogP contribution in [-0.2, 0) is 52.3 Å². The van der Waals surface area contributed by atoms with Crippen LogP contribution in [0, 0.1) is 11.7 Å². The van der Waals surface area contributed by atoms with Gasteiger partial charge in [0.15, 0.2) is 11.6 Å². The number of rotatable bonds is 15. The topological polar surface area (TPSA) is 77.4 Å². The van der Waals surface area contributed by atoms with Crippen molar-refractivity contribution in [2.24, 2.45) is 5.92 Å². The minimum atomic E-state index is -1.30. The molecule has 0 heterocycles. The van der Waals surface area contributed by atoms with E-state index < -0.39 is 47.7 Å². The van der Waals surface area contributed by atoms with Gasteiger partial charge in [-0.3, -0.25) is 0 Å². The van der Waals surface area contributed by atoms with Crippen LogP contribution in [0.2, 0.25) is 5.02 Å². The SMILES string of the molecule is CCOc1ccc(Cc2cc([C@]34C(O)C[C@@H](C3O)[C@H](OCc3ccc(CC)cc3)[C@H](OCc3ccccc3)[C@@H]4OCc3ccccc3)ccc2Cl)cc1F. The van der Waals surface area contributed by atoms with Crippen molar-refractivity contribution < 1.29 is 33.6 Å². The molecular weight excluding hydrogens is 703 g/mol. The van der Waals surface area contributed by atoms with E-state index in [-0.39, 0.29) is 25.4 Å². The third kappa shape index (κ3) is 7.85. The Kier molecular flexibility index (Phi) is 12.1. The molecular formula is C46H48ClFO6. The Morgan fingerprint density at radius 3 is 1.91 bits per heavy atom. The van der Waals surface area contributed by atoms with Crippen LogP contribution in [0.3, 0.4) is 0 Å². The van der Waals surface area contributed by atoms with Gasteiger partial charge >= 0.3 is 0 Å². The number of hydrogen-bond donors (Lipinski definition) is 2. The lowest BCUT2D eigenvalue weighted by Gasteiger charge is -2.52. The van der Waals surface area contributed by atoms with Crippen molar-refractivity contribution in [2.45, 2.75) is 88.9 Å². The highest BCUT2D eigenvalue weighted by molar-refractivity contribution is 6.31. The molecule has 0 amide bonds. The van der Waals surface area contributed by atoms with E-state index in [1.165, 1.54) is 11.6 Å². The van der Waals surface area contributed by atoms with Gasteiger partial charge in [0.1, 0.15) is 12.2 Å². The Morgan fingerprint density at radius 1 is 0.685 bits per heavy atom. The van der Waals surface area contributed by atoms with Crippen molar-refractivity contribution in [3.8, 4) is 5.75 Å². The molecule has 5 aromatic carbocycles. The van der Waals surface area contributed by atoms with E-state index >= 15 is 0 Å². The number of aryl methyl sites for hydroxylation is 1. The van der Waals surface area contributed by atoms with Gasteiger partial charge in [-0.2, -0.15) is 0 Å². The van der Waals surface area contributed by atoms with Crippen molar-refractivity contribution >= 4 is 11.6 Å². The van der Waals surface area contributed by atoms with E-state index in [1.54, 1.807) is 12.1 Å². The van der Waals surface area contributed by atoms with Crippen LogP contribution < -0.4 is 4.74 Å². The van der Waals surface area contributed by atoms with Crippen LogP contribution in [0.25, 0.3) is 0 Å². The molecule has 2 saturated carbocycles. The van der Waals surface area contributed by atoms with Gasteiger partial charge in [0.25, 0.3) is 0 Å². The highest BCUT2D eigenvalue weighted by Crippen LogP contribution is 2.56. The first kappa shape index (κ1) is 38.2. The van der Waals surface area contributed by atoms with Crippen molar-refractivity contribution in [3.05, 3.63) is 171 Å². The number of halogens is 2. The summed E-state index contributed by atoms with van der Waals surface area (Å²) < 4.78 is 40.9. The second-order valence-electron chi connectivity index (χ2n) is 14.4. The van der Waals surface area contributed by atoms with E-state index in [2.05, 4.69) is 31.2 Å². The zero-order valence-corrected chi connectivity index (χ0v) is 31.5. The maximum atomic E-state index is 14.9. The Balaban J connectivity index is 1.29. The van der Waals surface area contributed by atoms with Gasteiger partial charge in [-0.25, -0.2) is 4.39 Å². The number of aliphatic hydroxyl groups is 2. The maximum Gasteiger partial charge on any atom is 0.165 e. The molecule has 0 aliphatic heterocycles. The van der Waals surface area contributed by atoms with Crippen LogP contribution in [0.1, 0.15) is 59.2 Å². The molecule has 2 fully saturated rings. The molecule has 0 spiro atoms. The van der Waals surface area contributed by atoms with Crippen LogP contribution >= 0.6 is 11.6 Å². The molecule has 2 aliphatic carbocycles. The highest BCUT2D eigenvalue weighted by atomic mass is 35.5. The third-order valence-electron chi connectivity index (χ3n) is 11.1. The molecule has 2 unspecified atom stereocenters. The zero-order valence-electron chi connectivity index (χ0n) is 30.7. The number of hydrogen-bond acceptors (Lipinski definition) is 6. The van der Waals surface area contributed by atoms with Crippen molar-refractivity contribution in [2.75, 3.05) is 6.61 Å². The summed E-state index contributed by atoms with van der Waals surface area (Å²) in [6, 6.07) is 38.6. The van der Waals surface area contributed by atoms with Crippen molar-refractivity contribution in [3.63, 3.8) is 0 Å². The Bertz CT molecular complexity index is 1980. The number of aliphatic hydroxyl groups excluding tert-OH is 2. The fourth-order valence-corrected chi connectivity index (χ4v) is 8.55. The first-order valence-electron chi connectivity index (χ1n) is 18.9. The first-order valence-corrected chi connectivity index (χ1v) is 19.3. The maximum absolute atomic E-state index is 14.9. The zero-order chi connectivity index (χ0) is 37.7. The summed E-state index contributed by atoms with van der Waals surface area (Å²) in [7, 11) is 0. The van der Waals surface area contributed by atoms with Gasteiger partial charge in [0.05, 0.1) is 50.2 Å². The van der Waals surface area contributed by atoms with Gasteiger partial charge in [0.2, 0.25) is 0 Å². The summed E-state index contributed by atoms with van der Waals surface area (Å²) in [6.07, 6.45) is -2.61. The van der Waals surface area contributed by atoms with Crippen LogP contribution in [-0.4, -0.2) is 47.3 Å². The predicted molar refractivity (Wildman–Crippen MR) is 208 cm³/mol. The first-order chi connectivity index (χ1) is 26.3. The largest absolute Gasteiger partial charge is 0.491 e. The fourth-order valence-electron chi connectivity index (χ4n) is 8.37. The average Bonchev–Trinajstić information content (AvgIpc) is 3.39. The van der Waals surface area contributed by atoms with Crippen LogP contribution in [0.15, 0.2) is 121 Å². The van der Waals surface area contributed by atoms with Gasteiger partial charge in [-0.15, -0.1) is 0 Å². The molecule has 2 N–H and O–H groups in total. The molecule has 2 aliphatic rings. The van der Waals surface area contributed by atoms with Gasteiger partial charge in [-0.05, 0) is 83.3 Å². The second-order valence-corrected chi connectivity index (χ2v) is 14.8. The molecule has 2 bridgehead atoms. The quantitative estimate of drug-likeness (QED) is 0.111. The van der Waals surface area contributed by atoms with E-state index in [1.807, 2.05) is 85.8 Å². The van der Waals surface area contributed by atoms with Gasteiger partial charge in [0, 0.05) is 10.9 Å². The summed E-state index contributed by atoms with van der Waals surface area (Å²) in [5.41, 5.74) is 5.00. The number of ether oxygens (including phenoxy) is 4. The van der Waals surface area contributed by atoms with Crippen LogP contribution in [0.4, 0.5) is 4.39 Å². The highest BCUT2D eigenvalue weighted by Gasteiger charge is 2.69. The van der Waals surface area contributed by atoms with E-state index in [0.717, 1.165) is 28.7 Å². The monoisotopic (exact) mass is 750 g/mol. The minimum Gasteiger partial charge on any atom is -0.491 e. The standard InChI is InChI=1S/C46H48ClFO6/c1-3-30-15-17-33(18-16-30)28-52-42-37-26-41(49)46(44(37)50,36-20-21-38(47)35(25-36)23-34-19-22-40(51-4-2)39(48)24-34)45(54-29-32-13-9-6-10-14-32)43(42)53-27-31-11-7-5-8-12-31/h5-22,24-25,37,41-45,49-50H,3-4,23,26-29H2,1-2H3/t37-,41?,42+,43+,44?,45+,46+/m1/s1. The van der Waals surface area contributed by atoms with E-state index in [0.29, 0.717) is 35.8 Å². The third-order valence-corrected chi connectivity index (χ3v) is 11.5. The summed E-state index contributed by atoms with van der Waals surface area (Å²) >= 11 is 6.82. The van der Waals surface area contributed by atoms with Crippen molar-refractivity contribution in [1.82, 2.24) is 0 Å². The lowest BCUT2D eigenvalue weighted by molar-refractivity contribution is -0.232. The van der Waals surface area contributed by atoms with E-state index in [9.17, 15) is 14.6 Å². The Hall–Kier alpha value is -4.08. The molecule has 8 heteroatoms. The minimum absolute atomic E-state index is 0.195. The Morgan fingerprint density at radius 2 is 1.28 bits per heavy atom. The molecule has 0 radical (unpaired) electrons. The smallest absolute Gasteiger partial charge is 0.165 e. The lowest BCUT2D eigenvalue weighted by Crippen LogP contribution is -2.66. The van der Waals surface area contributed by atoms with Crippen molar-refractivity contribution in [1.29, 1.82) is 0 Å². The molecule has 6 nitrogen and oxygen atoms in total. The molecule has 54 heavy (non-hydrogen) atoms. The predicted octanol–water partition coefficient (Wildman–Crippen LogP) is 8.78. The summed E-state index contributed by atoms with van der Waals surface area (Å²) in [6.45, 7) is 5.11. The van der Waals surface area contributed by atoms with Gasteiger partial charge < -0.3 is 29.2 Å². The molecule has 282 valence electrons. The molecule has 7 atom stereocenters. The molecule has 7 rings (SSSR count).